The third-order valence-corrected chi connectivity index (χ3v) is 5.21. The fraction of sp³-hybridized carbons (Fsp3) is 0.0909. The summed E-state index contributed by atoms with van der Waals surface area (Å²) in [5.41, 5.74) is 4.58. The highest BCUT2D eigenvalue weighted by Crippen LogP contribution is 2.34. The van der Waals surface area contributed by atoms with Crippen LogP contribution in [-0.2, 0) is 13.1 Å². The van der Waals surface area contributed by atoms with Crippen LogP contribution in [0.1, 0.15) is 27.0 Å². The summed E-state index contributed by atoms with van der Waals surface area (Å²) in [5.74, 6) is 0.768. The van der Waals surface area contributed by atoms with E-state index < -0.39 is 0 Å². The van der Waals surface area contributed by atoms with Crippen LogP contribution >= 0.6 is 11.6 Å². The third kappa shape index (κ3) is 2.69. The van der Waals surface area contributed by atoms with Crippen molar-refractivity contribution in [3.05, 3.63) is 100 Å². The van der Waals surface area contributed by atoms with Gasteiger partial charge in [-0.2, -0.15) is 0 Å². The number of amides is 1. The van der Waals surface area contributed by atoms with Gasteiger partial charge < -0.3 is 0 Å². The van der Waals surface area contributed by atoms with E-state index in [-0.39, 0.29) is 5.91 Å². The topological polar surface area (TPSA) is 35.9 Å². The number of amidine groups is 1. The minimum absolute atomic E-state index is 0.0490. The van der Waals surface area contributed by atoms with Crippen LogP contribution in [0.15, 0.2) is 77.8 Å². The number of hydrogen-bond donors (Lipinski definition) is 0. The SMILES string of the molecule is O=C1c2ccccc2N=C2c3ccccc3CN2N1Cc1ccc(Cl)cc1. The number of hydrazine groups is 1. The molecule has 0 N–H and O–H groups in total. The molecule has 5 heteroatoms. The number of benzene rings is 3. The standard InChI is InChI=1S/C22H16ClN3O/c23-17-11-9-15(10-12-17)13-26-22(27)19-7-3-4-8-20(19)24-21-18-6-2-1-5-16(18)14-25(21)26/h1-12H,13-14H2. The van der Waals surface area contributed by atoms with Crippen molar-refractivity contribution in [3.8, 4) is 0 Å². The Hall–Kier alpha value is -3.11. The monoisotopic (exact) mass is 373 g/mol. The van der Waals surface area contributed by atoms with E-state index in [9.17, 15) is 4.79 Å². The van der Waals surface area contributed by atoms with Crippen molar-refractivity contribution in [1.82, 2.24) is 10.0 Å². The first-order valence-electron chi connectivity index (χ1n) is 8.80. The van der Waals surface area contributed by atoms with Crippen molar-refractivity contribution in [2.45, 2.75) is 13.1 Å². The lowest BCUT2D eigenvalue weighted by Gasteiger charge is -2.32. The molecule has 1 amide bonds. The maximum absolute atomic E-state index is 13.4. The second-order valence-corrected chi connectivity index (χ2v) is 7.09. The highest BCUT2D eigenvalue weighted by atomic mass is 35.5. The molecule has 0 radical (unpaired) electrons. The molecule has 0 aromatic heterocycles. The van der Waals surface area contributed by atoms with E-state index in [4.69, 9.17) is 16.6 Å². The zero-order valence-corrected chi connectivity index (χ0v) is 15.2. The molecule has 0 aliphatic carbocycles. The van der Waals surface area contributed by atoms with Gasteiger partial charge in [-0.05, 0) is 35.4 Å². The van der Waals surface area contributed by atoms with Crippen LogP contribution in [0, 0.1) is 0 Å². The van der Waals surface area contributed by atoms with E-state index in [1.165, 1.54) is 5.56 Å². The molecule has 4 nitrogen and oxygen atoms in total. The highest BCUT2D eigenvalue weighted by molar-refractivity contribution is 6.30. The van der Waals surface area contributed by atoms with E-state index in [1.807, 2.05) is 65.7 Å². The molecule has 0 atom stereocenters. The van der Waals surface area contributed by atoms with Gasteiger partial charge in [-0.1, -0.05) is 60.1 Å². The van der Waals surface area contributed by atoms with Crippen molar-refractivity contribution in [3.63, 3.8) is 0 Å². The molecule has 5 rings (SSSR count). The number of rotatable bonds is 2. The van der Waals surface area contributed by atoms with Gasteiger partial charge in [-0.3, -0.25) is 9.80 Å². The summed E-state index contributed by atoms with van der Waals surface area (Å²) >= 11 is 6.02. The van der Waals surface area contributed by atoms with Crippen LogP contribution in [0.25, 0.3) is 0 Å². The molecular formula is C22H16ClN3O. The molecule has 0 bridgehead atoms. The van der Waals surface area contributed by atoms with E-state index in [0.717, 1.165) is 17.0 Å². The van der Waals surface area contributed by atoms with Gasteiger partial charge in [0.2, 0.25) is 0 Å². The van der Waals surface area contributed by atoms with Gasteiger partial charge in [0, 0.05) is 10.6 Å². The molecule has 0 saturated heterocycles. The van der Waals surface area contributed by atoms with Crippen molar-refractivity contribution in [2.75, 3.05) is 0 Å². The Morgan fingerprint density at radius 3 is 2.41 bits per heavy atom. The van der Waals surface area contributed by atoms with Crippen molar-refractivity contribution in [1.29, 1.82) is 0 Å². The predicted molar refractivity (Wildman–Crippen MR) is 106 cm³/mol. The number of hydrogen-bond acceptors (Lipinski definition) is 3. The van der Waals surface area contributed by atoms with Gasteiger partial charge in [0.1, 0.15) is 0 Å². The molecule has 3 aromatic rings. The van der Waals surface area contributed by atoms with Crippen LogP contribution in [0.4, 0.5) is 5.69 Å². The van der Waals surface area contributed by atoms with Gasteiger partial charge in [0.05, 0.1) is 24.3 Å². The minimum atomic E-state index is -0.0490. The maximum atomic E-state index is 13.4. The number of aliphatic imine (C=N–C) groups is 1. The molecule has 2 aliphatic rings. The second-order valence-electron chi connectivity index (χ2n) is 6.66. The summed E-state index contributed by atoms with van der Waals surface area (Å²) < 4.78 is 0. The summed E-state index contributed by atoms with van der Waals surface area (Å²) in [4.78, 5) is 18.2. The lowest BCUT2D eigenvalue weighted by molar-refractivity contribution is 0.0250. The van der Waals surface area contributed by atoms with Gasteiger partial charge in [0.15, 0.2) is 5.84 Å². The molecule has 0 fully saturated rings. The number of carbonyl (C=O) groups excluding carboxylic acids is 1. The van der Waals surface area contributed by atoms with Crippen molar-refractivity contribution >= 4 is 29.0 Å². The normalized spacial score (nSPS) is 15.0. The zero-order valence-electron chi connectivity index (χ0n) is 14.5. The molecule has 132 valence electrons. The number of halogens is 1. The van der Waals surface area contributed by atoms with Gasteiger partial charge in [-0.25, -0.2) is 10.0 Å². The Balaban J connectivity index is 1.64. The fourth-order valence-electron chi connectivity index (χ4n) is 3.60. The molecule has 0 saturated carbocycles. The number of fused-ring (bicyclic) bond motifs is 4. The number of carbonyl (C=O) groups is 1. The van der Waals surface area contributed by atoms with Crippen molar-refractivity contribution in [2.24, 2.45) is 4.99 Å². The number of para-hydroxylation sites is 1. The molecule has 0 unspecified atom stereocenters. The summed E-state index contributed by atoms with van der Waals surface area (Å²) in [6.07, 6.45) is 0. The first-order valence-corrected chi connectivity index (χ1v) is 9.18. The fourth-order valence-corrected chi connectivity index (χ4v) is 3.73. The van der Waals surface area contributed by atoms with Gasteiger partial charge in [0.25, 0.3) is 5.91 Å². The minimum Gasteiger partial charge on any atom is -0.267 e. The van der Waals surface area contributed by atoms with Crippen molar-refractivity contribution < 1.29 is 4.79 Å². The van der Waals surface area contributed by atoms with Gasteiger partial charge >= 0.3 is 0 Å². The van der Waals surface area contributed by atoms with Crippen LogP contribution in [0.3, 0.4) is 0 Å². The molecule has 0 spiro atoms. The second kappa shape index (κ2) is 6.25. The molecule has 2 heterocycles. The summed E-state index contributed by atoms with van der Waals surface area (Å²) in [7, 11) is 0. The Labute approximate surface area is 162 Å². The molecule has 3 aromatic carbocycles. The quantitative estimate of drug-likeness (QED) is 0.646. The van der Waals surface area contributed by atoms with Crippen LogP contribution in [0.2, 0.25) is 5.02 Å². The van der Waals surface area contributed by atoms with E-state index in [1.54, 1.807) is 5.01 Å². The smallest absolute Gasteiger partial charge is 0.267 e. The summed E-state index contributed by atoms with van der Waals surface area (Å²) in [5, 5.41) is 4.46. The van der Waals surface area contributed by atoms with Crippen LogP contribution in [0.5, 0.6) is 0 Å². The first-order chi connectivity index (χ1) is 13.2. The van der Waals surface area contributed by atoms with Crippen LogP contribution in [-0.4, -0.2) is 21.8 Å². The number of nitrogens with zero attached hydrogens (tertiary/aromatic N) is 3. The maximum Gasteiger partial charge on any atom is 0.274 e. The van der Waals surface area contributed by atoms with E-state index >= 15 is 0 Å². The van der Waals surface area contributed by atoms with E-state index in [0.29, 0.717) is 29.4 Å². The predicted octanol–water partition coefficient (Wildman–Crippen LogP) is 4.80. The Kier molecular flexibility index (Phi) is 3.73. The Bertz CT molecular complexity index is 1070. The average Bonchev–Trinajstić information content (AvgIpc) is 3.01. The molecule has 27 heavy (non-hydrogen) atoms. The van der Waals surface area contributed by atoms with Crippen LogP contribution < -0.4 is 0 Å². The molecule has 2 aliphatic heterocycles. The average molecular weight is 374 g/mol. The lowest BCUT2D eigenvalue weighted by atomic mass is 10.1. The van der Waals surface area contributed by atoms with Gasteiger partial charge in [-0.15, -0.1) is 0 Å². The molecular weight excluding hydrogens is 358 g/mol. The third-order valence-electron chi connectivity index (χ3n) is 4.96. The zero-order chi connectivity index (χ0) is 18.4. The highest BCUT2D eigenvalue weighted by Gasteiger charge is 2.36. The first kappa shape index (κ1) is 16.1. The summed E-state index contributed by atoms with van der Waals surface area (Å²) in [6, 6.07) is 23.3. The Morgan fingerprint density at radius 1 is 0.889 bits per heavy atom. The lowest BCUT2D eigenvalue weighted by Crippen LogP contribution is -2.45. The van der Waals surface area contributed by atoms with E-state index in [2.05, 4.69) is 12.1 Å². The summed E-state index contributed by atoms with van der Waals surface area (Å²) in [6.45, 7) is 1.08. The Morgan fingerprint density at radius 2 is 1.59 bits per heavy atom. The largest absolute Gasteiger partial charge is 0.274 e.